The van der Waals surface area contributed by atoms with Gasteiger partial charge >= 0.3 is 0 Å². The highest BCUT2D eigenvalue weighted by molar-refractivity contribution is 6.23. The molecule has 0 heterocycles. The molecule has 0 bridgehead atoms. The molecule has 0 fully saturated rings. The van der Waals surface area contributed by atoms with Gasteiger partial charge in [0.25, 0.3) is 0 Å². The van der Waals surface area contributed by atoms with Gasteiger partial charge in [-0.15, -0.1) is 5.47 Å². The molecule has 0 aliphatic carbocycles. The summed E-state index contributed by atoms with van der Waals surface area (Å²) in [6.07, 6.45) is 2.37. The molecule has 1 atom stereocenters. The van der Waals surface area contributed by atoms with Gasteiger partial charge < -0.3 is 0 Å². The number of allylic oxidation sites excluding steroid dienone is 2. The second-order valence-corrected chi connectivity index (χ2v) is 2.60. The van der Waals surface area contributed by atoms with Crippen LogP contribution in [0.25, 0.3) is 0 Å². The van der Waals surface area contributed by atoms with Crippen molar-refractivity contribution in [3.05, 3.63) is 11.5 Å². The smallest absolute Gasteiger partial charge is 0.157 e. The summed E-state index contributed by atoms with van der Waals surface area (Å²) in [5.41, 5.74) is 0.588. The summed E-state index contributed by atoms with van der Waals surface area (Å²) in [7, 11) is 5.33. The molecule has 54 valence electrons. The third-order valence-electron chi connectivity index (χ3n) is 1.47. The van der Waals surface area contributed by atoms with Gasteiger partial charge in [-0.2, -0.15) is 0 Å². The van der Waals surface area contributed by atoms with Crippen molar-refractivity contribution in [3.63, 3.8) is 0 Å². The fourth-order valence-electron chi connectivity index (χ4n) is 0.568. The van der Waals surface area contributed by atoms with Gasteiger partial charge in [-0.05, 0) is 12.5 Å². The largest absolute Gasteiger partial charge is 0.295 e. The van der Waals surface area contributed by atoms with E-state index in [-0.39, 0.29) is 11.7 Å². The summed E-state index contributed by atoms with van der Waals surface area (Å²) in [4.78, 5) is 11.0. The molecule has 2 heteroatoms. The van der Waals surface area contributed by atoms with E-state index in [1.165, 1.54) is 6.08 Å². The van der Waals surface area contributed by atoms with Gasteiger partial charge in [-0.3, -0.25) is 4.79 Å². The van der Waals surface area contributed by atoms with Gasteiger partial charge in [0.15, 0.2) is 5.78 Å². The number of hydrogen-bond donors (Lipinski definition) is 0. The van der Waals surface area contributed by atoms with Gasteiger partial charge in [-0.25, -0.2) is 0 Å². The van der Waals surface area contributed by atoms with Crippen molar-refractivity contribution in [1.82, 2.24) is 0 Å². The Morgan fingerprint density at radius 2 is 2.20 bits per heavy atom. The van der Waals surface area contributed by atoms with Crippen molar-refractivity contribution in [2.45, 2.75) is 27.2 Å². The van der Waals surface area contributed by atoms with Crippen LogP contribution in [-0.2, 0) is 4.79 Å². The highest BCUT2D eigenvalue weighted by atomic mass is 16.1. The Bertz CT molecular complexity index is 145. The van der Waals surface area contributed by atoms with Crippen molar-refractivity contribution >= 4 is 13.6 Å². The molecule has 0 saturated heterocycles. The van der Waals surface area contributed by atoms with Crippen LogP contribution in [0.3, 0.4) is 0 Å². The molecule has 0 aliphatic rings. The van der Waals surface area contributed by atoms with Gasteiger partial charge in [0, 0.05) is 5.92 Å². The quantitative estimate of drug-likeness (QED) is 0.426. The predicted molar refractivity (Wildman–Crippen MR) is 44.0 cm³/mol. The Kier molecular flexibility index (Phi) is 4.09. The Hall–Kier alpha value is -0.525. The van der Waals surface area contributed by atoms with E-state index < -0.39 is 0 Å². The standard InChI is InChI=1S/C8H13BO/c1-4-6(2)8(10)5-7(3)9/h5-6H,4H2,1-3H3/b7-5+. The van der Waals surface area contributed by atoms with E-state index in [4.69, 9.17) is 7.85 Å². The zero-order valence-electron chi connectivity index (χ0n) is 6.85. The molecule has 1 unspecified atom stereocenters. The zero-order chi connectivity index (χ0) is 8.15. The Balaban J connectivity index is 3.97. The molecule has 0 saturated carbocycles. The molecular formula is C8H13BO. The van der Waals surface area contributed by atoms with E-state index >= 15 is 0 Å². The molecule has 1 nitrogen and oxygen atoms in total. The van der Waals surface area contributed by atoms with E-state index in [2.05, 4.69) is 0 Å². The Labute approximate surface area is 63.9 Å². The van der Waals surface area contributed by atoms with Crippen molar-refractivity contribution in [2.24, 2.45) is 5.92 Å². The van der Waals surface area contributed by atoms with Gasteiger partial charge in [-0.1, -0.05) is 20.8 Å². The van der Waals surface area contributed by atoms with Crippen molar-refractivity contribution in [3.8, 4) is 0 Å². The highest BCUT2D eigenvalue weighted by Crippen LogP contribution is 2.03. The summed E-state index contributed by atoms with van der Waals surface area (Å²) in [5.74, 6) is 0.237. The van der Waals surface area contributed by atoms with E-state index in [1.54, 1.807) is 6.92 Å². The summed E-state index contributed by atoms with van der Waals surface area (Å²) in [6.45, 7) is 5.62. The number of rotatable bonds is 3. The first kappa shape index (κ1) is 9.47. The van der Waals surface area contributed by atoms with Crippen LogP contribution in [0.15, 0.2) is 11.5 Å². The minimum absolute atomic E-state index is 0.110. The first-order chi connectivity index (χ1) is 4.57. The lowest BCUT2D eigenvalue weighted by Gasteiger charge is -2.02. The maximum Gasteiger partial charge on any atom is 0.157 e. The molecule has 0 aromatic carbocycles. The van der Waals surface area contributed by atoms with Crippen molar-refractivity contribution in [1.29, 1.82) is 0 Å². The zero-order valence-corrected chi connectivity index (χ0v) is 6.85. The van der Waals surface area contributed by atoms with Crippen LogP contribution in [0.2, 0.25) is 0 Å². The van der Waals surface area contributed by atoms with Gasteiger partial charge in [0.2, 0.25) is 0 Å². The molecule has 0 N–H and O–H groups in total. The molecule has 0 amide bonds. The first-order valence-corrected chi connectivity index (χ1v) is 3.55. The molecule has 0 aliphatic heterocycles. The van der Waals surface area contributed by atoms with E-state index in [9.17, 15) is 4.79 Å². The monoisotopic (exact) mass is 136 g/mol. The van der Waals surface area contributed by atoms with Gasteiger partial charge in [0.05, 0.1) is 0 Å². The number of hydrogen-bond acceptors (Lipinski definition) is 1. The molecular weight excluding hydrogens is 123 g/mol. The minimum atomic E-state index is 0.110. The molecule has 0 aromatic rings. The average Bonchev–Trinajstić information content (AvgIpc) is 1.85. The predicted octanol–water partition coefficient (Wildman–Crippen LogP) is 1.67. The fourth-order valence-corrected chi connectivity index (χ4v) is 0.568. The fraction of sp³-hybridized carbons (Fsp3) is 0.625. The maximum atomic E-state index is 11.0. The summed E-state index contributed by atoms with van der Waals surface area (Å²) in [6, 6.07) is 0. The van der Waals surface area contributed by atoms with Crippen LogP contribution in [-0.4, -0.2) is 13.6 Å². The topological polar surface area (TPSA) is 17.1 Å². The summed E-state index contributed by atoms with van der Waals surface area (Å²) < 4.78 is 0. The third-order valence-corrected chi connectivity index (χ3v) is 1.47. The lowest BCUT2D eigenvalue weighted by atomic mass is 9.93. The molecule has 2 radical (unpaired) electrons. The third kappa shape index (κ3) is 3.49. The lowest BCUT2D eigenvalue weighted by molar-refractivity contribution is -0.117. The van der Waals surface area contributed by atoms with Crippen molar-refractivity contribution < 1.29 is 4.79 Å². The summed E-state index contributed by atoms with van der Waals surface area (Å²) >= 11 is 0. The van der Waals surface area contributed by atoms with Crippen LogP contribution in [0.1, 0.15) is 27.2 Å². The number of ketones is 1. The number of carbonyl (C=O) groups excluding carboxylic acids is 1. The van der Waals surface area contributed by atoms with Crippen LogP contribution in [0, 0.1) is 5.92 Å². The Morgan fingerprint density at radius 3 is 2.50 bits per heavy atom. The molecule has 10 heavy (non-hydrogen) atoms. The summed E-state index contributed by atoms with van der Waals surface area (Å²) in [5, 5.41) is 0. The second kappa shape index (κ2) is 4.32. The van der Waals surface area contributed by atoms with Crippen LogP contribution in [0.5, 0.6) is 0 Å². The minimum Gasteiger partial charge on any atom is -0.295 e. The molecule has 0 rings (SSSR count). The SMILES string of the molecule is [B]/C(C)=C/C(=O)C(C)CC. The normalized spacial score (nSPS) is 14.9. The maximum absolute atomic E-state index is 11.0. The van der Waals surface area contributed by atoms with E-state index in [0.29, 0.717) is 5.47 Å². The second-order valence-electron chi connectivity index (χ2n) is 2.60. The Morgan fingerprint density at radius 1 is 1.70 bits per heavy atom. The van der Waals surface area contributed by atoms with E-state index in [0.717, 1.165) is 6.42 Å². The van der Waals surface area contributed by atoms with Crippen LogP contribution >= 0.6 is 0 Å². The highest BCUT2D eigenvalue weighted by Gasteiger charge is 2.05. The molecule has 0 spiro atoms. The van der Waals surface area contributed by atoms with Gasteiger partial charge in [0.1, 0.15) is 7.85 Å². The van der Waals surface area contributed by atoms with Crippen molar-refractivity contribution in [2.75, 3.05) is 0 Å². The van der Waals surface area contributed by atoms with E-state index in [1.807, 2.05) is 13.8 Å². The van der Waals surface area contributed by atoms with Crippen LogP contribution in [0.4, 0.5) is 0 Å². The lowest BCUT2D eigenvalue weighted by Crippen LogP contribution is -2.06. The first-order valence-electron chi connectivity index (χ1n) is 3.55. The number of carbonyl (C=O) groups is 1. The van der Waals surface area contributed by atoms with Crippen LogP contribution < -0.4 is 0 Å². The molecule has 0 aromatic heterocycles. The average molecular weight is 136 g/mol.